The van der Waals surface area contributed by atoms with Crippen LogP contribution in [0.1, 0.15) is 32.6 Å². The molecule has 2 aromatic carbocycles. The Hall–Kier alpha value is -0.320. The van der Waals surface area contributed by atoms with Gasteiger partial charge in [-0.15, -0.1) is 0 Å². The summed E-state index contributed by atoms with van der Waals surface area (Å²) in [5, 5.41) is 0. The monoisotopic (exact) mass is 474 g/mol. The Kier molecular flexibility index (Phi) is 5.55. The summed E-state index contributed by atoms with van der Waals surface area (Å²) >= 11 is 11.1. The van der Waals surface area contributed by atoms with Gasteiger partial charge in [0.25, 0.3) is 0 Å². The van der Waals surface area contributed by atoms with Gasteiger partial charge in [0.1, 0.15) is 5.75 Å². The Morgan fingerprint density at radius 3 is 2.19 bits per heavy atom. The molecule has 4 heteroatoms. The largest absolute Gasteiger partial charge is 0.496 e. The molecule has 0 saturated heterocycles. The zero-order chi connectivity index (χ0) is 15.7. The molecule has 0 spiro atoms. The topological polar surface area (TPSA) is 9.23 Å². The lowest BCUT2D eigenvalue weighted by Crippen LogP contribution is -2.03. The van der Waals surface area contributed by atoms with E-state index in [1.54, 1.807) is 7.11 Å². The van der Waals surface area contributed by atoms with Crippen molar-refractivity contribution in [3.05, 3.63) is 61.0 Å². The molecule has 0 saturated carbocycles. The maximum Gasteiger partial charge on any atom is 0.126 e. The molecule has 0 aliphatic heterocycles. The summed E-state index contributed by atoms with van der Waals surface area (Å²) in [6.45, 7) is 6.27. The van der Waals surface area contributed by atoms with E-state index >= 15 is 0 Å². The van der Waals surface area contributed by atoms with Crippen molar-refractivity contribution in [1.82, 2.24) is 0 Å². The Labute approximate surface area is 151 Å². The minimum absolute atomic E-state index is 0.0838. The van der Waals surface area contributed by atoms with E-state index in [4.69, 9.17) is 4.74 Å². The number of ether oxygens (including phenoxy) is 1. The van der Waals surface area contributed by atoms with Crippen LogP contribution in [0.4, 0.5) is 0 Å². The van der Waals surface area contributed by atoms with Crippen LogP contribution >= 0.6 is 47.8 Å². The van der Waals surface area contributed by atoms with Crippen molar-refractivity contribution in [3.8, 4) is 5.75 Å². The van der Waals surface area contributed by atoms with E-state index in [0.29, 0.717) is 0 Å². The number of methoxy groups -OCH3 is 1. The smallest absolute Gasteiger partial charge is 0.126 e. The first-order valence-corrected chi connectivity index (χ1v) is 9.10. The van der Waals surface area contributed by atoms with Gasteiger partial charge < -0.3 is 4.74 Å². The van der Waals surface area contributed by atoms with Crippen molar-refractivity contribution in [3.63, 3.8) is 0 Å². The van der Waals surface area contributed by atoms with E-state index in [-0.39, 0.29) is 4.83 Å². The van der Waals surface area contributed by atoms with Gasteiger partial charge in [0.2, 0.25) is 0 Å². The average molecular weight is 477 g/mol. The van der Waals surface area contributed by atoms with Crippen LogP contribution < -0.4 is 4.74 Å². The highest BCUT2D eigenvalue weighted by atomic mass is 79.9. The molecule has 21 heavy (non-hydrogen) atoms. The third kappa shape index (κ3) is 3.38. The summed E-state index contributed by atoms with van der Waals surface area (Å²) in [5.74, 6) is 0.939. The van der Waals surface area contributed by atoms with Gasteiger partial charge >= 0.3 is 0 Å². The van der Waals surface area contributed by atoms with Crippen molar-refractivity contribution in [1.29, 1.82) is 0 Å². The fraction of sp³-hybridized carbons (Fsp3) is 0.294. The molecule has 0 aromatic heterocycles. The molecule has 1 unspecified atom stereocenters. The minimum atomic E-state index is 0.0838. The second kappa shape index (κ2) is 6.84. The van der Waals surface area contributed by atoms with Gasteiger partial charge in [-0.2, -0.15) is 0 Å². The van der Waals surface area contributed by atoms with Crippen LogP contribution in [0.25, 0.3) is 0 Å². The Bertz CT molecular complexity index is 680. The lowest BCUT2D eigenvalue weighted by molar-refractivity contribution is 0.406. The highest BCUT2D eigenvalue weighted by molar-refractivity contribution is 9.11. The highest BCUT2D eigenvalue weighted by Gasteiger charge is 2.21. The quantitative estimate of drug-likeness (QED) is 0.452. The predicted molar refractivity (Wildman–Crippen MR) is 99.8 cm³/mol. The van der Waals surface area contributed by atoms with E-state index in [2.05, 4.69) is 92.8 Å². The van der Waals surface area contributed by atoms with Crippen LogP contribution in [0.2, 0.25) is 0 Å². The summed E-state index contributed by atoms with van der Waals surface area (Å²) in [4.78, 5) is 0.0838. The Morgan fingerprint density at radius 2 is 1.62 bits per heavy atom. The maximum absolute atomic E-state index is 5.65. The van der Waals surface area contributed by atoms with Crippen molar-refractivity contribution in [2.45, 2.75) is 25.6 Å². The maximum atomic E-state index is 5.65. The molecular formula is C17H17Br3O. The van der Waals surface area contributed by atoms with E-state index < -0.39 is 0 Å². The molecule has 0 fully saturated rings. The number of alkyl halides is 1. The van der Waals surface area contributed by atoms with Gasteiger partial charge in [-0.05, 0) is 55.2 Å². The number of halogens is 3. The van der Waals surface area contributed by atoms with Gasteiger partial charge in [0.05, 0.1) is 11.9 Å². The summed E-state index contributed by atoms with van der Waals surface area (Å²) < 4.78 is 7.87. The first-order valence-electron chi connectivity index (χ1n) is 6.60. The van der Waals surface area contributed by atoms with E-state index in [9.17, 15) is 0 Å². The predicted octanol–water partition coefficient (Wildman–Crippen LogP) is 6.63. The fourth-order valence-electron chi connectivity index (χ4n) is 2.38. The highest BCUT2D eigenvalue weighted by Crippen LogP contribution is 2.43. The third-order valence-electron chi connectivity index (χ3n) is 3.65. The summed E-state index contributed by atoms with van der Waals surface area (Å²) in [6, 6.07) is 8.53. The first kappa shape index (κ1) is 17.0. The van der Waals surface area contributed by atoms with Crippen molar-refractivity contribution in [2.24, 2.45) is 0 Å². The fourth-order valence-corrected chi connectivity index (χ4v) is 4.17. The van der Waals surface area contributed by atoms with Crippen molar-refractivity contribution >= 4 is 47.8 Å². The van der Waals surface area contributed by atoms with Gasteiger partial charge in [-0.1, -0.05) is 59.9 Å². The van der Waals surface area contributed by atoms with Gasteiger partial charge in [0, 0.05) is 14.5 Å². The van der Waals surface area contributed by atoms with Gasteiger partial charge in [-0.25, -0.2) is 0 Å². The summed E-state index contributed by atoms with van der Waals surface area (Å²) in [5.41, 5.74) is 5.91. The lowest BCUT2D eigenvalue weighted by atomic mass is 9.96. The molecule has 2 rings (SSSR count). The summed E-state index contributed by atoms with van der Waals surface area (Å²) in [7, 11) is 1.73. The third-order valence-corrected chi connectivity index (χ3v) is 6.32. The zero-order valence-corrected chi connectivity index (χ0v) is 17.2. The molecule has 1 atom stereocenters. The minimum Gasteiger partial charge on any atom is -0.496 e. The molecular weight excluding hydrogens is 460 g/mol. The van der Waals surface area contributed by atoms with Crippen LogP contribution in [0.5, 0.6) is 5.75 Å². The van der Waals surface area contributed by atoms with Crippen LogP contribution in [0.3, 0.4) is 0 Å². The molecule has 0 aliphatic rings. The van der Waals surface area contributed by atoms with E-state index in [1.165, 1.54) is 22.3 Å². The van der Waals surface area contributed by atoms with Gasteiger partial charge in [-0.3, -0.25) is 0 Å². The molecule has 0 radical (unpaired) electrons. The molecule has 0 amide bonds. The molecule has 0 bridgehead atoms. The molecule has 0 heterocycles. The molecule has 1 nitrogen and oxygen atoms in total. The molecule has 0 N–H and O–H groups in total. The van der Waals surface area contributed by atoms with E-state index in [0.717, 1.165) is 20.3 Å². The number of hydrogen-bond acceptors (Lipinski definition) is 1. The normalized spacial score (nSPS) is 12.3. The second-order valence-electron chi connectivity index (χ2n) is 5.12. The molecule has 112 valence electrons. The first-order chi connectivity index (χ1) is 9.86. The molecule has 2 aromatic rings. The summed E-state index contributed by atoms with van der Waals surface area (Å²) in [6.07, 6.45) is 0. The Morgan fingerprint density at radius 1 is 0.952 bits per heavy atom. The van der Waals surface area contributed by atoms with Crippen LogP contribution in [0, 0.1) is 20.8 Å². The van der Waals surface area contributed by atoms with Gasteiger partial charge in [0.15, 0.2) is 0 Å². The SMILES string of the molecule is COc1c(C)cc(Br)c(C)c1C(Br)c1ccc(C)c(Br)c1. The number of aryl methyl sites for hydroxylation is 2. The number of rotatable bonds is 3. The lowest BCUT2D eigenvalue weighted by Gasteiger charge is -2.21. The second-order valence-corrected chi connectivity index (χ2v) is 7.74. The van der Waals surface area contributed by atoms with Crippen molar-refractivity contribution < 1.29 is 4.74 Å². The number of benzene rings is 2. The zero-order valence-electron chi connectivity index (χ0n) is 12.4. The van der Waals surface area contributed by atoms with Crippen LogP contribution in [-0.4, -0.2) is 7.11 Å². The average Bonchev–Trinajstić information content (AvgIpc) is 2.44. The number of hydrogen-bond donors (Lipinski definition) is 0. The van der Waals surface area contributed by atoms with E-state index in [1.807, 2.05) is 0 Å². The van der Waals surface area contributed by atoms with Crippen LogP contribution in [-0.2, 0) is 0 Å². The molecule has 0 aliphatic carbocycles. The van der Waals surface area contributed by atoms with Crippen molar-refractivity contribution in [2.75, 3.05) is 7.11 Å². The Balaban J connectivity index is 2.62. The standard InChI is InChI=1S/C17H17Br3O/c1-9-5-6-12(8-13(9)18)16(20)15-11(3)14(19)7-10(2)17(15)21-4/h5-8,16H,1-4H3. The van der Waals surface area contributed by atoms with Crippen LogP contribution in [0.15, 0.2) is 33.2 Å².